The van der Waals surface area contributed by atoms with E-state index in [1.54, 1.807) is 11.6 Å². The van der Waals surface area contributed by atoms with E-state index < -0.39 is 0 Å². The van der Waals surface area contributed by atoms with Gasteiger partial charge in [0.15, 0.2) is 0 Å². The highest BCUT2D eigenvalue weighted by Crippen LogP contribution is 2.28. The van der Waals surface area contributed by atoms with E-state index >= 15 is 0 Å². The van der Waals surface area contributed by atoms with Crippen molar-refractivity contribution in [1.29, 1.82) is 0 Å². The van der Waals surface area contributed by atoms with Gasteiger partial charge in [0.05, 0.1) is 31.1 Å². The van der Waals surface area contributed by atoms with E-state index in [9.17, 15) is 0 Å². The molecule has 2 aromatic heterocycles. The van der Waals surface area contributed by atoms with Gasteiger partial charge in [-0.05, 0) is 43.7 Å². The van der Waals surface area contributed by atoms with Crippen LogP contribution in [0.1, 0.15) is 18.5 Å². The second-order valence-corrected chi connectivity index (χ2v) is 7.60. The topological polar surface area (TPSA) is 74.8 Å². The van der Waals surface area contributed by atoms with Crippen LogP contribution in [-0.2, 0) is 0 Å². The molecule has 0 bridgehead atoms. The maximum absolute atomic E-state index is 8.63. The molecule has 1 saturated heterocycles. The smallest absolute Gasteiger partial charge is 0.142 e. The normalized spacial score (nSPS) is 15.1. The quantitative estimate of drug-likeness (QED) is 0.247. The lowest BCUT2D eigenvalue weighted by atomic mass is 10.2. The van der Waals surface area contributed by atoms with Crippen molar-refractivity contribution in [3.8, 4) is 11.5 Å². The monoisotopic (exact) mass is 423 g/mol. The lowest BCUT2D eigenvalue weighted by Gasteiger charge is -2.36. The van der Waals surface area contributed by atoms with E-state index in [-0.39, 0.29) is 0 Å². The number of rotatable bonds is 9. The zero-order chi connectivity index (χ0) is 21.5. The summed E-state index contributed by atoms with van der Waals surface area (Å²) in [5.41, 5.74) is 2.69. The first-order valence-electron chi connectivity index (χ1n) is 10.7. The van der Waals surface area contributed by atoms with Crippen LogP contribution in [0.3, 0.4) is 0 Å². The predicted octanol–water partition coefficient (Wildman–Crippen LogP) is 3.13. The molecule has 8 nitrogen and oxygen atoms in total. The number of fused-ring (bicyclic) bond motifs is 1. The number of nitrogens with zero attached hydrogens (tertiary/aromatic N) is 5. The maximum Gasteiger partial charge on any atom is 0.142 e. The van der Waals surface area contributed by atoms with Gasteiger partial charge < -0.3 is 19.6 Å². The van der Waals surface area contributed by atoms with Crippen molar-refractivity contribution in [2.75, 3.05) is 51.3 Å². The summed E-state index contributed by atoms with van der Waals surface area (Å²) in [5, 5.41) is 15.9. The van der Waals surface area contributed by atoms with Crippen molar-refractivity contribution in [3.63, 3.8) is 0 Å². The standard InChI is InChI=1S/C23H29N5O3/c1-30-23-7-3-2-6-22(23)27-13-11-26(12-14-27)9-4-5-15-31-21-8-10-28-20(17-21)16-19(25-28)18-24-29/h2-3,6-8,10,16-18,29H,4-5,9,11-15H2,1H3/b24-18+. The molecule has 4 rings (SSSR count). The summed E-state index contributed by atoms with van der Waals surface area (Å²) >= 11 is 0. The van der Waals surface area contributed by atoms with Crippen molar-refractivity contribution in [1.82, 2.24) is 14.5 Å². The second-order valence-electron chi connectivity index (χ2n) is 7.60. The number of piperazine rings is 1. The van der Waals surface area contributed by atoms with Crippen LogP contribution in [0.15, 0.2) is 53.8 Å². The van der Waals surface area contributed by atoms with Crippen LogP contribution in [0.2, 0.25) is 0 Å². The fraction of sp³-hybridized carbons (Fsp3) is 0.391. The number of hydrogen-bond acceptors (Lipinski definition) is 7. The predicted molar refractivity (Wildman–Crippen MR) is 121 cm³/mol. The average molecular weight is 424 g/mol. The molecule has 1 aliphatic rings. The summed E-state index contributed by atoms with van der Waals surface area (Å²) in [4.78, 5) is 4.93. The molecule has 0 aliphatic carbocycles. The Balaban J connectivity index is 1.17. The van der Waals surface area contributed by atoms with Gasteiger partial charge in [-0.15, -0.1) is 0 Å². The number of unbranched alkanes of at least 4 members (excludes halogenated alkanes) is 1. The van der Waals surface area contributed by atoms with E-state index in [1.807, 2.05) is 36.5 Å². The van der Waals surface area contributed by atoms with Crippen molar-refractivity contribution in [3.05, 3.63) is 54.4 Å². The Morgan fingerprint density at radius 2 is 1.94 bits per heavy atom. The van der Waals surface area contributed by atoms with Gasteiger partial charge in [0, 0.05) is 38.4 Å². The number of hydrogen-bond donors (Lipinski definition) is 1. The molecule has 1 N–H and O–H groups in total. The zero-order valence-electron chi connectivity index (χ0n) is 17.9. The number of anilines is 1. The van der Waals surface area contributed by atoms with Crippen LogP contribution in [0.5, 0.6) is 11.5 Å². The highest BCUT2D eigenvalue weighted by molar-refractivity contribution is 5.79. The molecule has 164 valence electrons. The zero-order valence-corrected chi connectivity index (χ0v) is 17.9. The van der Waals surface area contributed by atoms with Gasteiger partial charge in [-0.2, -0.15) is 5.10 Å². The number of oxime groups is 1. The van der Waals surface area contributed by atoms with Gasteiger partial charge in [0.1, 0.15) is 17.2 Å². The molecule has 0 atom stereocenters. The number of para-hydroxylation sites is 2. The van der Waals surface area contributed by atoms with Gasteiger partial charge >= 0.3 is 0 Å². The minimum absolute atomic E-state index is 0.602. The highest BCUT2D eigenvalue weighted by atomic mass is 16.5. The minimum Gasteiger partial charge on any atom is -0.495 e. The Kier molecular flexibility index (Phi) is 6.89. The van der Waals surface area contributed by atoms with Crippen LogP contribution < -0.4 is 14.4 Å². The Morgan fingerprint density at radius 3 is 2.74 bits per heavy atom. The molecule has 0 unspecified atom stereocenters. The van der Waals surface area contributed by atoms with Gasteiger partial charge in [0.2, 0.25) is 0 Å². The molecular formula is C23H29N5O3. The Bertz CT molecular complexity index is 1010. The third-order valence-corrected chi connectivity index (χ3v) is 5.58. The number of aromatic nitrogens is 2. The summed E-state index contributed by atoms with van der Waals surface area (Å²) in [6, 6.07) is 13.9. The largest absolute Gasteiger partial charge is 0.495 e. The average Bonchev–Trinajstić information content (AvgIpc) is 3.21. The van der Waals surface area contributed by atoms with E-state index in [1.165, 1.54) is 11.9 Å². The van der Waals surface area contributed by atoms with Crippen LogP contribution in [0.25, 0.3) is 5.52 Å². The first kappa shape index (κ1) is 21.0. The third-order valence-electron chi connectivity index (χ3n) is 5.58. The molecule has 0 spiro atoms. The summed E-state index contributed by atoms with van der Waals surface area (Å²) in [5.74, 6) is 1.77. The van der Waals surface area contributed by atoms with Gasteiger partial charge in [0.25, 0.3) is 0 Å². The molecule has 8 heteroatoms. The second kappa shape index (κ2) is 10.2. The number of ether oxygens (including phenoxy) is 2. The lowest BCUT2D eigenvalue weighted by molar-refractivity contribution is 0.238. The summed E-state index contributed by atoms with van der Waals surface area (Å²) < 4.78 is 13.1. The molecule has 1 aliphatic heterocycles. The van der Waals surface area contributed by atoms with Gasteiger partial charge in [-0.25, -0.2) is 4.52 Å². The van der Waals surface area contributed by atoms with Gasteiger partial charge in [-0.1, -0.05) is 17.3 Å². The van der Waals surface area contributed by atoms with E-state index in [0.29, 0.717) is 12.3 Å². The highest BCUT2D eigenvalue weighted by Gasteiger charge is 2.19. The molecular weight excluding hydrogens is 394 g/mol. The molecule has 1 fully saturated rings. The fourth-order valence-corrected chi connectivity index (χ4v) is 3.94. The first-order valence-corrected chi connectivity index (χ1v) is 10.7. The molecule has 1 aromatic carbocycles. The Hall–Kier alpha value is -3.26. The fourth-order valence-electron chi connectivity index (χ4n) is 3.94. The van der Waals surface area contributed by atoms with Crippen LogP contribution in [0.4, 0.5) is 5.69 Å². The van der Waals surface area contributed by atoms with Crippen LogP contribution in [0, 0.1) is 0 Å². The van der Waals surface area contributed by atoms with Crippen molar-refractivity contribution in [2.45, 2.75) is 12.8 Å². The Labute approximate surface area is 182 Å². The molecule has 0 amide bonds. The number of pyridine rings is 1. The van der Waals surface area contributed by atoms with E-state index in [2.05, 4.69) is 32.2 Å². The Morgan fingerprint density at radius 1 is 1.10 bits per heavy atom. The minimum atomic E-state index is 0.602. The lowest BCUT2D eigenvalue weighted by Crippen LogP contribution is -2.46. The molecule has 0 radical (unpaired) electrons. The number of methoxy groups -OCH3 is 1. The SMILES string of the molecule is COc1ccccc1N1CCN(CCCCOc2ccn3nc(/C=N/O)cc3c2)CC1. The van der Waals surface area contributed by atoms with E-state index in [0.717, 1.165) is 62.6 Å². The van der Waals surface area contributed by atoms with Crippen molar-refractivity contribution < 1.29 is 14.7 Å². The maximum atomic E-state index is 8.63. The van der Waals surface area contributed by atoms with Crippen molar-refractivity contribution in [2.24, 2.45) is 5.16 Å². The first-order chi connectivity index (χ1) is 15.3. The molecule has 0 saturated carbocycles. The molecule has 3 aromatic rings. The summed E-state index contributed by atoms with van der Waals surface area (Å²) in [6.07, 6.45) is 5.28. The van der Waals surface area contributed by atoms with E-state index in [4.69, 9.17) is 14.7 Å². The number of benzene rings is 1. The summed E-state index contributed by atoms with van der Waals surface area (Å²) in [7, 11) is 1.73. The molecule has 3 heterocycles. The van der Waals surface area contributed by atoms with Gasteiger partial charge in [-0.3, -0.25) is 4.90 Å². The third kappa shape index (κ3) is 5.27. The summed E-state index contributed by atoms with van der Waals surface area (Å²) in [6.45, 7) is 5.95. The van der Waals surface area contributed by atoms with Crippen molar-refractivity contribution >= 4 is 17.4 Å². The van der Waals surface area contributed by atoms with Crippen LogP contribution in [-0.4, -0.2) is 72.4 Å². The molecule has 31 heavy (non-hydrogen) atoms. The van der Waals surface area contributed by atoms with Crippen LogP contribution >= 0.6 is 0 Å².